The molecule has 2 atom stereocenters. The monoisotopic (exact) mass is 473 g/mol. The van der Waals surface area contributed by atoms with Crippen LogP contribution in [0.2, 0.25) is 15.1 Å². The number of urea groups is 1. The van der Waals surface area contributed by atoms with Gasteiger partial charge >= 0.3 is 6.03 Å². The molecule has 0 saturated carbocycles. The quantitative estimate of drug-likeness (QED) is 0.694. The number of benzene rings is 1. The predicted molar refractivity (Wildman–Crippen MR) is 111 cm³/mol. The maximum Gasteiger partial charge on any atom is 0.329 e. The SMILES string of the molecule is COc1cc(C2=CC3NC(=O)N(c4cncc(Cl)c4Cl)C(=O)C3S2)c(Cl)cc1F. The Morgan fingerprint density at radius 1 is 1.21 bits per heavy atom. The summed E-state index contributed by atoms with van der Waals surface area (Å²) in [4.78, 5) is 31.1. The van der Waals surface area contributed by atoms with Gasteiger partial charge in [0.05, 0.1) is 40.1 Å². The van der Waals surface area contributed by atoms with Crippen molar-refractivity contribution in [3.8, 4) is 5.75 Å². The normalized spacial score (nSPS) is 21.0. The van der Waals surface area contributed by atoms with E-state index >= 15 is 0 Å². The molecule has 4 rings (SSSR count). The maximum absolute atomic E-state index is 13.9. The van der Waals surface area contributed by atoms with Crippen LogP contribution in [-0.2, 0) is 4.79 Å². The van der Waals surface area contributed by atoms with E-state index in [0.29, 0.717) is 10.5 Å². The Kier molecular flexibility index (Phi) is 5.37. The Labute approximate surface area is 184 Å². The standard InChI is InChI=1S/C18H11Cl3FN3O3S/c1-28-13-2-7(8(19)3-10(13)22)14-4-11-16(29-14)17(26)25(18(27)24-11)12-6-23-5-9(20)15(12)21/h2-6,11,16H,1H3,(H,24,27). The fraction of sp³-hybridized carbons (Fsp3) is 0.167. The van der Waals surface area contributed by atoms with E-state index in [9.17, 15) is 14.0 Å². The lowest BCUT2D eigenvalue weighted by molar-refractivity contribution is -0.118. The molecule has 0 radical (unpaired) electrons. The van der Waals surface area contributed by atoms with E-state index in [4.69, 9.17) is 39.5 Å². The van der Waals surface area contributed by atoms with Crippen molar-refractivity contribution >= 4 is 69.1 Å². The van der Waals surface area contributed by atoms with Crippen LogP contribution in [0.1, 0.15) is 5.56 Å². The summed E-state index contributed by atoms with van der Waals surface area (Å²) in [5, 5.41) is 2.42. The molecule has 0 aliphatic carbocycles. The van der Waals surface area contributed by atoms with Gasteiger partial charge in [-0.3, -0.25) is 9.78 Å². The Hall–Kier alpha value is -2.00. The number of amides is 3. The molecule has 3 amide bonds. The van der Waals surface area contributed by atoms with Gasteiger partial charge in [0, 0.05) is 16.7 Å². The first-order valence-electron chi connectivity index (χ1n) is 8.17. The van der Waals surface area contributed by atoms with E-state index in [2.05, 4.69) is 10.3 Å². The summed E-state index contributed by atoms with van der Waals surface area (Å²) in [7, 11) is 1.34. The predicted octanol–water partition coefficient (Wildman–Crippen LogP) is 4.77. The number of anilines is 1. The summed E-state index contributed by atoms with van der Waals surface area (Å²) >= 11 is 19.5. The first-order valence-corrected chi connectivity index (χ1v) is 10.2. The zero-order valence-corrected chi connectivity index (χ0v) is 17.7. The number of halogens is 4. The van der Waals surface area contributed by atoms with Crippen LogP contribution in [0, 0.1) is 5.82 Å². The van der Waals surface area contributed by atoms with Crippen LogP contribution in [0.5, 0.6) is 5.75 Å². The highest BCUT2D eigenvalue weighted by atomic mass is 35.5. The van der Waals surface area contributed by atoms with E-state index in [0.717, 1.165) is 11.0 Å². The van der Waals surface area contributed by atoms with Crippen molar-refractivity contribution in [3.63, 3.8) is 0 Å². The van der Waals surface area contributed by atoms with Gasteiger partial charge in [0.2, 0.25) is 0 Å². The topological polar surface area (TPSA) is 71.5 Å². The van der Waals surface area contributed by atoms with E-state index in [-0.39, 0.29) is 26.5 Å². The second-order valence-electron chi connectivity index (χ2n) is 6.14. The highest BCUT2D eigenvalue weighted by molar-refractivity contribution is 8.09. The summed E-state index contributed by atoms with van der Waals surface area (Å²) in [6.45, 7) is 0. The van der Waals surface area contributed by atoms with Gasteiger partial charge in [0.15, 0.2) is 11.6 Å². The number of nitrogens with zero attached hydrogens (tertiary/aromatic N) is 2. The Morgan fingerprint density at radius 3 is 2.69 bits per heavy atom. The van der Waals surface area contributed by atoms with Crippen molar-refractivity contribution in [2.75, 3.05) is 12.0 Å². The van der Waals surface area contributed by atoms with Crippen LogP contribution >= 0.6 is 46.6 Å². The number of imide groups is 1. The molecule has 150 valence electrons. The summed E-state index contributed by atoms with van der Waals surface area (Å²) in [5.74, 6) is -1.05. The zero-order chi connectivity index (χ0) is 20.9. The number of hydrogen-bond acceptors (Lipinski definition) is 5. The van der Waals surface area contributed by atoms with Gasteiger partial charge in [-0.15, -0.1) is 11.8 Å². The number of hydrogen-bond donors (Lipinski definition) is 1. The van der Waals surface area contributed by atoms with Crippen molar-refractivity contribution in [2.24, 2.45) is 0 Å². The maximum atomic E-state index is 13.9. The third-order valence-electron chi connectivity index (χ3n) is 4.44. The molecule has 1 fully saturated rings. The number of rotatable bonds is 3. The number of carbonyl (C=O) groups excluding carboxylic acids is 2. The Balaban J connectivity index is 1.67. The van der Waals surface area contributed by atoms with Gasteiger partial charge in [-0.25, -0.2) is 14.1 Å². The number of aromatic nitrogens is 1. The van der Waals surface area contributed by atoms with Crippen LogP contribution in [-0.4, -0.2) is 35.3 Å². The smallest absolute Gasteiger partial charge is 0.329 e. The van der Waals surface area contributed by atoms with E-state index in [1.165, 1.54) is 37.3 Å². The minimum absolute atomic E-state index is 0.0227. The highest BCUT2D eigenvalue weighted by Gasteiger charge is 2.46. The van der Waals surface area contributed by atoms with E-state index in [1.807, 2.05) is 0 Å². The van der Waals surface area contributed by atoms with E-state index in [1.54, 1.807) is 6.08 Å². The highest BCUT2D eigenvalue weighted by Crippen LogP contribution is 2.46. The molecule has 1 N–H and O–H groups in total. The van der Waals surface area contributed by atoms with Gasteiger partial charge in [0.1, 0.15) is 5.25 Å². The van der Waals surface area contributed by atoms with E-state index < -0.39 is 29.0 Å². The van der Waals surface area contributed by atoms with Gasteiger partial charge in [-0.1, -0.05) is 34.8 Å². The van der Waals surface area contributed by atoms with Gasteiger partial charge < -0.3 is 10.1 Å². The molecule has 2 aliphatic rings. The number of carbonyl (C=O) groups is 2. The molecule has 0 spiro atoms. The van der Waals surface area contributed by atoms with Crippen LogP contribution < -0.4 is 15.0 Å². The van der Waals surface area contributed by atoms with Crippen molar-refractivity contribution < 1.29 is 18.7 Å². The summed E-state index contributed by atoms with van der Waals surface area (Å²) in [6, 6.07) is 1.38. The fourth-order valence-corrected chi connectivity index (χ4v) is 5.01. The average Bonchev–Trinajstić information content (AvgIpc) is 3.09. The molecule has 6 nitrogen and oxygen atoms in total. The van der Waals surface area contributed by atoms with Crippen molar-refractivity contribution in [1.82, 2.24) is 10.3 Å². The molecular weight excluding hydrogens is 464 g/mol. The van der Waals surface area contributed by atoms with Gasteiger partial charge in [-0.2, -0.15) is 0 Å². The lowest BCUT2D eigenvalue weighted by Crippen LogP contribution is -2.60. The number of pyridine rings is 1. The Morgan fingerprint density at radius 2 is 1.97 bits per heavy atom. The lowest BCUT2D eigenvalue weighted by Gasteiger charge is -2.33. The number of methoxy groups -OCH3 is 1. The number of thioether (sulfide) groups is 1. The third kappa shape index (κ3) is 3.44. The van der Waals surface area contributed by atoms with Crippen molar-refractivity contribution in [2.45, 2.75) is 11.3 Å². The van der Waals surface area contributed by atoms with Crippen molar-refractivity contribution in [1.29, 1.82) is 0 Å². The Bertz CT molecular complexity index is 1080. The fourth-order valence-electron chi connectivity index (χ4n) is 3.08. The van der Waals surface area contributed by atoms with Crippen molar-refractivity contribution in [3.05, 3.63) is 57.1 Å². The molecule has 0 bridgehead atoms. The number of nitrogens with one attached hydrogen (secondary N) is 1. The molecule has 2 aliphatic heterocycles. The summed E-state index contributed by atoms with van der Waals surface area (Å²) in [6.07, 6.45) is 4.32. The zero-order valence-electron chi connectivity index (χ0n) is 14.6. The molecule has 3 heterocycles. The van der Waals surface area contributed by atoms with Crippen LogP contribution in [0.15, 0.2) is 30.6 Å². The molecule has 1 saturated heterocycles. The second-order valence-corrected chi connectivity index (χ2v) is 8.52. The number of fused-ring (bicyclic) bond motifs is 1. The molecule has 1 aromatic heterocycles. The second kappa shape index (κ2) is 7.68. The van der Waals surface area contributed by atoms with Crippen LogP contribution in [0.25, 0.3) is 4.91 Å². The molecular formula is C18H11Cl3FN3O3S. The lowest BCUT2D eigenvalue weighted by atomic mass is 10.1. The number of ether oxygens (including phenoxy) is 1. The average molecular weight is 475 g/mol. The molecule has 2 aromatic rings. The molecule has 29 heavy (non-hydrogen) atoms. The van der Waals surface area contributed by atoms with Crippen LogP contribution in [0.3, 0.4) is 0 Å². The molecule has 1 aromatic carbocycles. The summed E-state index contributed by atoms with van der Waals surface area (Å²) in [5.41, 5.74) is 0.594. The first-order chi connectivity index (χ1) is 13.8. The largest absolute Gasteiger partial charge is 0.494 e. The molecule has 11 heteroatoms. The molecule has 2 unspecified atom stereocenters. The third-order valence-corrected chi connectivity index (χ3v) is 6.89. The van der Waals surface area contributed by atoms with Gasteiger partial charge in [-0.05, 0) is 18.2 Å². The van der Waals surface area contributed by atoms with Gasteiger partial charge in [0.25, 0.3) is 5.91 Å². The minimum atomic E-state index is -0.662. The summed E-state index contributed by atoms with van der Waals surface area (Å²) < 4.78 is 18.9. The first kappa shape index (κ1) is 20.3. The minimum Gasteiger partial charge on any atom is -0.494 e. The van der Waals surface area contributed by atoms with Crippen LogP contribution in [0.4, 0.5) is 14.9 Å².